The second-order valence-corrected chi connectivity index (χ2v) is 6.79. The number of nitrogens with zero attached hydrogens (tertiary/aromatic N) is 1. The molecule has 0 spiro atoms. The first-order valence-corrected chi connectivity index (χ1v) is 7.59. The molecule has 1 aromatic rings. The van der Waals surface area contributed by atoms with Gasteiger partial charge in [-0.25, -0.2) is 0 Å². The Kier molecular flexibility index (Phi) is 3.96. The predicted octanol–water partition coefficient (Wildman–Crippen LogP) is 4.79. The van der Waals surface area contributed by atoms with Crippen molar-refractivity contribution in [3.63, 3.8) is 0 Å². The van der Waals surface area contributed by atoms with Crippen LogP contribution in [0, 0.1) is 5.41 Å². The topological polar surface area (TPSA) is 3.24 Å². The van der Waals surface area contributed by atoms with Crippen LogP contribution in [0.5, 0.6) is 0 Å². The molecule has 2 heteroatoms. The molecule has 0 saturated carbocycles. The standard InChI is InChI=1S/C16H23NS/c1-16(2,3)15(13-8-10-18-12-13)11-14-7-5-6-9-17(14)4/h7-8,10-12H,5-6,9H2,1-4H3/b15-11+. The van der Waals surface area contributed by atoms with Gasteiger partial charge in [0.05, 0.1) is 0 Å². The summed E-state index contributed by atoms with van der Waals surface area (Å²) in [5.74, 6) is 0. The van der Waals surface area contributed by atoms with Crippen molar-refractivity contribution in [1.82, 2.24) is 4.90 Å². The molecule has 1 aromatic heterocycles. The predicted molar refractivity (Wildman–Crippen MR) is 81.7 cm³/mol. The fourth-order valence-corrected chi connectivity index (χ4v) is 2.99. The Balaban J connectivity index is 2.38. The van der Waals surface area contributed by atoms with Crippen molar-refractivity contribution in [2.75, 3.05) is 13.6 Å². The molecular weight excluding hydrogens is 238 g/mol. The van der Waals surface area contributed by atoms with Gasteiger partial charge in [-0.2, -0.15) is 11.3 Å². The normalized spacial score (nSPS) is 17.9. The summed E-state index contributed by atoms with van der Waals surface area (Å²) in [6.45, 7) is 8.04. The van der Waals surface area contributed by atoms with Crippen molar-refractivity contribution in [2.24, 2.45) is 5.41 Å². The van der Waals surface area contributed by atoms with Crippen molar-refractivity contribution in [1.29, 1.82) is 0 Å². The van der Waals surface area contributed by atoms with Gasteiger partial charge in [0.2, 0.25) is 0 Å². The van der Waals surface area contributed by atoms with E-state index in [1.54, 1.807) is 11.3 Å². The van der Waals surface area contributed by atoms with E-state index in [0.717, 1.165) is 0 Å². The molecule has 1 aliphatic heterocycles. The van der Waals surface area contributed by atoms with E-state index < -0.39 is 0 Å². The second kappa shape index (κ2) is 5.31. The number of likely N-dealkylation sites (N-methyl/N-ethyl adjacent to an activating group) is 1. The van der Waals surface area contributed by atoms with Crippen molar-refractivity contribution < 1.29 is 0 Å². The quantitative estimate of drug-likeness (QED) is 0.740. The maximum Gasteiger partial charge on any atom is 0.0326 e. The van der Waals surface area contributed by atoms with Gasteiger partial charge in [0.25, 0.3) is 0 Å². The van der Waals surface area contributed by atoms with Crippen LogP contribution in [0.15, 0.2) is 34.7 Å². The van der Waals surface area contributed by atoms with Gasteiger partial charge in [-0.3, -0.25) is 0 Å². The van der Waals surface area contributed by atoms with Crippen LogP contribution >= 0.6 is 11.3 Å². The van der Waals surface area contributed by atoms with Crippen molar-refractivity contribution >= 4 is 16.9 Å². The first-order valence-electron chi connectivity index (χ1n) is 6.64. The first-order chi connectivity index (χ1) is 8.48. The van der Waals surface area contributed by atoms with E-state index in [1.807, 2.05) is 0 Å². The highest BCUT2D eigenvalue weighted by Crippen LogP contribution is 2.36. The zero-order valence-electron chi connectivity index (χ0n) is 11.9. The van der Waals surface area contributed by atoms with E-state index in [1.165, 1.54) is 36.2 Å². The summed E-state index contributed by atoms with van der Waals surface area (Å²) >= 11 is 1.77. The summed E-state index contributed by atoms with van der Waals surface area (Å²) in [6, 6.07) is 2.23. The molecule has 0 aliphatic carbocycles. The van der Waals surface area contributed by atoms with E-state index in [4.69, 9.17) is 0 Å². The molecule has 2 rings (SSSR count). The molecule has 0 bridgehead atoms. The molecular formula is C16H23NS. The van der Waals surface area contributed by atoms with Crippen LogP contribution in [0.25, 0.3) is 5.57 Å². The lowest BCUT2D eigenvalue weighted by Gasteiger charge is -2.28. The van der Waals surface area contributed by atoms with Crippen molar-refractivity contribution in [3.8, 4) is 0 Å². The largest absolute Gasteiger partial charge is 0.375 e. The molecule has 98 valence electrons. The Morgan fingerprint density at radius 3 is 2.72 bits per heavy atom. The first kappa shape index (κ1) is 13.4. The van der Waals surface area contributed by atoms with Crippen LogP contribution in [-0.2, 0) is 0 Å². The lowest BCUT2D eigenvalue weighted by molar-refractivity contribution is 0.400. The van der Waals surface area contributed by atoms with Gasteiger partial charge >= 0.3 is 0 Å². The summed E-state index contributed by atoms with van der Waals surface area (Å²) in [5, 5.41) is 4.41. The molecule has 0 saturated heterocycles. The lowest BCUT2D eigenvalue weighted by atomic mass is 9.82. The zero-order chi connectivity index (χ0) is 13.2. The molecule has 0 aromatic carbocycles. The molecule has 0 amide bonds. The highest BCUT2D eigenvalue weighted by molar-refractivity contribution is 7.08. The fraction of sp³-hybridized carbons (Fsp3) is 0.500. The minimum absolute atomic E-state index is 0.181. The zero-order valence-corrected chi connectivity index (χ0v) is 12.7. The molecule has 18 heavy (non-hydrogen) atoms. The van der Waals surface area contributed by atoms with E-state index in [2.05, 4.69) is 61.7 Å². The minimum atomic E-state index is 0.181. The highest BCUT2D eigenvalue weighted by atomic mass is 32.1. The Morgan fingerprint density at radius 2 is 2.17 bits per heavy atom. The molecule has 0 radical (unpaired) electrons. The van der Waals surface area contributed by atoms with Gasteiger partial charge in [0.15, 0.2) is 0 Å². The third-order valence-corrected chi connectivity index (χ3v) is 4.11. The summed E-state index contributed by atoms with van der Waals surface area (Å²) in [4.78, 5) is 2.36. The van der Waals surface area contributed by atoms with Crippen LogP contribution in [-0.4, -0.2) is 18.5 Å². The Hall–Kier alpha value is -1.02. The minimum Gasteiger partial charge on any atom is -0.375 e. The monoisotopic (exact) mass is 261 g/mol. The number of hydrogen-bond donors (Lipinski definition) is 0. The van der Waals surface area contributed by atoms with Gasteiger partial charge in [0.1, 0.15) is 0 Å². The van der Waals surface area contributed by atoms with E-state index in [9.17, 15) is 0 Å². The average Bonchev–Trinajstić information content (AvgIpc) is 2.79. The maximum atomic E-state index is 2.38. The third-order valence-electron chi connectivity index (χ3n) is 3.42. The number of thiophene rings is 1. The molecule has 1 aliphatic rings. The van der Waals surface area contributed by atoms with Crippen LogP contribution < -0.4 is 0 Å². The Bertz CT molecular complexity index is 446. The fourth-order valence-electron chi connectivity index (χ4n) is 2.33. The lowest BCUT2D eigenvalue weighted by Crippen LogP contribution is -2.22. The molecule has 0 N–H and O–H groups in total. The average molecular weight is 261 g/mol. The van der Waals surface area contributed by atoms with Gasteiger partial charge in [-0.05, 0) is 52.3 Å². The van der Waals surface area contributed by atoms with Crippen LogP contribution in [0.3, 0.4) is 0 Å². The summed E-state index contributed by atoms with van der Waals surface area (Å²) < 4.78 is 0. The van der Waals surface area contributed by atoms with Crippen molar-refractivity contribution in [3.05, 3.63) is 40.2 Å². The van der Waals surface area contributed by atoms with Crippen molar-refractivity contribution in [2.45, 2.75) is 33.6 Å². The van der Waals surface area contributed by atoms with Crippen LogP contribution in [0.4, 0.5) is 0 Å². The molecule has 1 nitrogen and oxygen atoms in total. The SMILES string of the molecule is CN1CCCC=C1/C=C(\c1ccsc1)C(C)(C)C. The molecule has 2 heterocycles. The van der Waals surface area contributed by atoms with Crippen LogP contribution in [0.2, 0.25) is 0 Å². The Labute approximate surface area is 115 Å². The van der Waals surface area contributed by atoms with Crippen LogP contribution in [0.1, 0.15) is 39.2 Å². The van der Waals surface area contributed by atoms with E-state index in [-0.39, 0.29) is 5.41 Å². The summed E-state index contributed by atoms with van der Waals surface area (Å²) in [7, 11) is 2.19. The Morgan fingerprint density at radius 1 is 1.39 bits per heavy atom. The van der Waals surface area contributed by atoms with E-state index >= 15 is 0 Å². The highest BCUT2D eigenvalue weighted by Gasteiger charge is 2.20. The maximum absolute atomic E-state index is 2.38. The number of rotatable bonds is 2. The van der Waals surface area contributed by atoms with Gasteiger partial charge in [0, 0.05) is 19.3 Å². The molecule has 0 fully saturated rings. The van der Waals surface area contributed by atoms with Gasteiger partial charge in [-0.1, -0.05) is 26.8 Å². The second-order valence-electron chi connectivity index (χ2n) is 6.01. The number of allylic oxidation sites excluding steroid dienone is 3. The summed E-state index contributed by atoms with van der Waals surface area (Å²) in [5.41, 5.74) is 4.36. The smallest absolute Gasteiger partial charge is 0.0326 e. The van der Waals surface area contributed by atoms with Gasteiger partial charge in [-0.15, -0.1) is 0 Å². The van der Waals surface area contributed by atoms with E-state index in [0.29, 0.717) is 0 Å². The molecule has 0 atom stereocenters. The summed E-state index contributed by atoms with van der Waals surface area (Å²) in [6.07, 6.45) is 7.22. The molecule has 0 unspecified atom stereocenters. The number of hydrogen-bond acceptors (Lipinski definition) is 2. The van der Waals surface area contributed by atoms with Gasteiger partial charge < -0.3 is 4.90 Å². The third kappa shape index (κ3) is 3.05.